The van der Waals surface area contributed by atoms with Crippen molar-refractivity contribution in [1.29, 1.82) is 0 Å². The predicted octanol–water partition coefficient (Wildman–Crippen LogP) is 3.26. The maximum absolute atomic E-state index is 10.2. The largest absolute Gasteiger partial charge is 0.391 e. The quantitative estimate of drug-likeness (QED) is 0.833. The summed E-state index contributed by atoms with van der Waals surface area (Å²) in [6.07, 6.45) is 5.74. The highest BCUT2D eigenvalue weighted by Gasteiger charge is 2.26. The van der Waals surface area contributed by atoms with Crippen molar-refractivity contribution in [1.82, 2.24) is 4.90 Å². The molecule has 1 aliphatic carbocycles. The Labute approximate surface area is 108 Å². The van der Waals surface area contributed by atoms with Gasteiger partial charge in [-0.2, -0.15) is 0 Å². The first kappa shape index (κ1) is 13.1. The van der Waals surface area contributed by atoms with E-state index in [1.54, 1.807) is 0 Å². The zero-order valence-corrected chi connectivity index (χ0v) is 11.5. The van der Waals surface area contributed by atoms with Crippen LogP contribution in [-0.2, 0) is 6.54 Å². The summed E-state index contributed by atoms with van der Waals surface area (Å²) in [5.74, 6) is 0. The number of aliphatic hydroxyl groups is 1. The summed E-state index contributed by atoms with van der Waals surface area (Å²) in [7, 11) is 0. The van der Waals surface area contributed by atoms with Crippen molar-refractivity contribution in [3.05, 3.63) is 22.4 Å². The first-order valence-electron chi connectivity index (χ1n) is 6.75. The molecule has 1 N–H and O–H groups in total. The van der Waals surface area contributed by atoms with Gasteiger partial charge in [0, 0.05) is 17.5 Å². The van der Waals surface area contributed by atoms with Crippen molar-refractivity contribution in [2.24, 2.45) is 0 Å². The van der Waals surface area contributed by atoms with E-state index in [0.29, 0.717) is 6.04 Å². The summed E-state index contributed by atoms with van der Waals surface area (Å²) in [4.78, 5) is 3.85. The maximum atomic E-state index is 10.2. The van der Waals surface area contributed by atoms with Crippen LogP contribution in [0.1, 0.15) is 43.9 Å². The van der Waals surface area contributed by atoms with Gasteiger partial charge >= 0.3 is 0 Å². The second kappa shape index (κ2) is 6.53. The van der Waals surface area contributed by atoms with Gasteiger partial charge in [-0.3, -0.25) is 4.90 Å². The summed E-state index contributed by atoms with van der Waals surface area (Å²) < 4.78 is 0. The van der Waals surface area contributed by atoms with Crippen LogP contribution in [0.4, 0.5) is 0 Å². The van der Waals surface area contributed by atoms with Crippen molar-refractivity contribution >= 4 is 11.3 Å². The number of rotatable bonds is 4. The Morgan fingerprint density at radius 2 is 2.18 bits per heavy atom. The van der Waals surface area contributed by atoms with E-state index in [1.807, 2.05) is 11.3 Å². The molecule has 0 saturated heterocycles. The highest BCUT2D eigenvalue weighted by Crippen LogP contribution is 2.24. The highest BCUT2D eigenvalue weighted by molar-refractivity contribution is 7.09. The lowest BCUT2D eigenvalue weighted by atomic mass is 10.0. The van der Waals surface area contributed by atoms with Crippen LogP contribution in [0.5, 0.6) is 0 Å². The van der Waals surface area contributed by atoms with E-state index in [0.717, 1.165) is 25.9 Å². The van der Waals surface area contributed by atoms with Crippen LogP contribution >= 0.6 is 11.3 Å². The van der Waals surface area contributed by atoms with E-state index in [9.17, 15) is 5.11 Å². The lowest BCUT2D eigenvalue weighted by Crippen LogP contribution is -2.42. The Hall–Kier alpha value is -0.380. The van der Waals surface area contributed by atoms with Gasteiger partial charge in [0.05, 0.1) is 6.10 Å². The molecule has 0 amide bonds. The first-order valence-corrected chi connectivity index (χ1v) is 7.63. The minimum Gasteiger partial charge on any atom is -0.391 e. The van der Waals surface area contributed by atoms with Gasteiger partial charge in [-0.05, 0) is 30.8 Å². The molecule has 96 valence electrons. The summed E-state index contributed by atoms with van der Waals surface area (Å²) in [6.45, 7) is 4.22. The number of aliphatic hydroxyl groups excluding tert-OH is 1. The standard InChI is InChI=1S/C14H23NOS/c1-2-15(11-12-7-6-10-17-12)13-8-4-3-5-9-14(13)16/h6-7,10,13-14,16H,2-5,8-9,11H2,1H3. The van der Waals surface area contributed by atoms with E-state index in [-0.39, 0.29) is 6.10 Å². The molecule has 2 nitrogen and oxygen atoms in total. The summed E-state index contributed by atoms with van der Waals surface area (Å²) in [6, 6.07) is 4.66. The van der Waals surface area contributed by atoms with Crippen LogP contribution in [0.25, 0.3) is 0 Å². The fraction of sp³-hybridized carbons (Fsp3) is 0.714. The van der Waals surface area contributed by atoms with Crippen LogP contribution in [0, 0.1) is 0 Å². The van der Waals surface area contributed by atoms with E-state index >= 15 is 0 Å². The molecular weight excluding hydrogens is 230 g/mol. The second-order valence-electron chi connectivity index (χ2n) is 4.92. The van der Waals surface area contributed by atoms with Crippen LogP contribution in [0.2, 0.25) is 0 Å². The Balaban J connectivity index is 2.00. The molecule has 2 atom stereocenters. The van der Waals surface area contributed by atoms with Crippen molar-refractivity contribution in [2.75, 3.05) is 6.54 Å². The lowest BCUT2D eigenvalue weighted by molar-refractivity contribution is 0.0430. The topological polar surface area (TPSA) is 23.5 Å². The van der Waals surface area contributed by atoms with Gasteiger partial charge < -0.3 is 5.11 Å². The molecule has 0 aliphatic heterocycles. The van der Waals surface area contributed by atoms with Gasteiger partial charge in [0.2, 0.25) is 0 Å². The smallest absolute Gasteiger partial charge is 0.0695 e. The summed E-state index contributed by atoms with van der Waals surface area (Å²) in [5, 5.41) is 12.4. The summed E-state index contributed by atoms with van der Waals surface area (Å²) in [5.41, 5.74) is 0. The Kier molecular flexibility index (Phi) is 5.01. The van der Waals surface area contributed by atoms with Crippen LogP contribution in [0.15, 0.2) is 17.5 Å². The van der Waals surface area contributed by atoms with E-state index in [2.05, 4.69) is 29.3 Å². The number of nitrogens with zero attached hydrogens (tertiary/aromatic N) is 1. The third-order valence-corrected chi connectivity index (χ3v) is 4.62. The number of hydrogen-bond acceptors (Lipinski definition) is 3. The zero-order valence-electron chi connectivity index (χ0n) is 10.6. The molecule has 1 aromatic heterocycles. The number of hydrogen-bond donors (Lipinski definition) is 1. The van der Waals surface area contributed by atoms with Gasteiger partial charge in [-0.15, -0.1) is 11.3 Å². The molecule has 0 radical (unpaired) electrons. The normalized spacial score (nSPS) is 26.1. The van der Waals surface area contributed by atoms with Gasteiger partial charge in [0.15, 0.2) is 0 Å². The molecule has 3 heteroatoms. The molecule has 1 heterocycles. The molecule has 0 aromatic carbocycles. The average molecular weight is 253 g/mol. The Bertz CT molecular complexity index is 312. The van der Waals surface area contributed by atoms with Crippen LogP contribution in [-0.4, -0.2) is 28.7 Å². The molecule has 0 spiro atoms. The molecule has 0 bridgehead atoms. The van der Waals surface area contributed by atoms with Crippen molar-refractivity contribution in [2.45, 2.75) is 57.7 Å². The molecule has 1 saturated carbocycles. The molecule has 2 unspecified atom stereocenters. The molecule has 2 rings (SSSR count). The van der Waals surface area contributed by atoms with Crippen LogP contribution in [0.3, 0.4) is 0 Å². The van der Waals surface area contributed by atoms with Gasteiger partial charge in [0.1, 0.15) is 0 Å². The minimum atomic E-state index is -0.127. The summed E-state index contributed by atoms with van der Waals surface area (Å²) >= 11 is 1.81. The van der Waals surface area contributed by atoms with Gasteiger partial charge in [-0.1, -0.05) is 32.3 Å². The van der Waals surface area contributed by atoms with Gasteiger partial charge in [0.25, 0.3) is 0 Å². The molecule has 17 heavy (non-hydrogen) atoms. The fourth-order valence-electron chi connectivity index (χ4n) is 2.76. The van der Waals surface area contributed by atoms with E-state index in [4.69, 9.17) is 0 Å². The first-order chi connectivity index (χ1) is 8.31. The molecule has 1 aliphatic rings. The average Bonchev–Trinajstić information content (AvgIpc) is 2.75. The highest BCUT2D eigenvalue weighted by atomic mass is 32.1. The monoisotopic (exact) mass is 253 g/mol. The lowest BCUT2D eigenvalue weighted by Gasteiger charge is -2.32. The van der Waals surface area contributed by atoms with Gasteiger partial charge in [-0.25, -0.2) is 0 Å². The second-order valence-corrected chi connectivity index (χ2v) is 5.95. The molecular formula is C14H23NOS. The predicted molar refractivity (Wildman–Crippen MR) is 73.3 cm³/mol. The van der Waals surface area contributed by atoms with Crippen molar-refractivity contribution < 1.29 is 5.11 Å². The van der Waals surface area contributed by atoms with E-state index in [1.165, 1.54) is 24.1 Å². The maximum Gasteiger partial charge on any atom is 0.0695 e. The zero-order chi connectivity index (χ0) is 12.1. The van der Waals surface area contributed by atoms with Crippen molar-refractivity contribution in [3.8, 4) is 0 Å². The molecule has 1 aromatic rings. The Morgan fingerprint density at radius 1 is 1.35 bits per heavy atom. The fourth-order valence-corrected chi connectivity index (χ4v) is 3.49. The van der Waals surface area contributed by atoms with E-state index < -0.39 is 0 Å². The number of thiophene rings is 1. The van der Waals surface area contributed by atoms with Crippen LogP contribution < -0.4 is 0 Å². The Morgan fingerprint density at radius 3 is 2.88 bits per heavy atom. The van der Waals surface area contributed by atoms with Crippen molar-refractivity contribution in [3.63, 3.8) is 0 Å². The minimum absolute atomic E-state index is 0.127. The SMILES string of the molecule is CCN(Cc1cccs1)C1CCCCCC1O. The third kappa shape index (κ3) is 3.54. The third-order valence-electron chi connectivity index (χ3n) is 3.76. The number of likely N-dealkylation sites (N-methyl/N-ethyl adjacent to an activating group) is 1. The molecule has 1 fully saturated rings.